The summed E-state index contributed by atoms with van der Waals surface area (Å²) in [5.74, 6) is 0.325. The lowest BCUT2D eigenvalue weighted by Crippen LogP contribution is -2.41. The van der Waals surface area contributed by atoms with Gasteiger partial charge in [-0.3, -0.25) is 14.5 Å². The van der Waals surface area contributed by atoms with Gasteiger partial charge in [-0.2, -0.15) is 0 Å². The summed E-state index contributed by atoms with van der Waals surface area (Å²) in [5, 5.41) is 4.98. The van der Waals surface area contributed by atoms with Gasteiger partial charge in [0.15, 0.2) is 12.4 Å². The van der Waals surface area contributed by atoms with Gasteiger partial charge >= 0.3 is 0 Å². The van der Waals surface area contributed by atoms with E-state index in [1.807, 2.05) is 35.0 Å². The summed E-state index contributed by atoms with van der Waals surface area (Å²) in [6, 6.07) is 9.29. The van der Waals surface area contributed by atoms with Crippen molar-refractivity contribution in [1.82, 2.24) is 4.98 Å². The lowest BCUT2D eigenvalue weighted by molar-refractivity contribution is -0.121. The van der Waals surface area contributed by atoms with Crippen LogP contribution in [0.5, 0.6) is 5.75 Å². The second-order valence-corrected chi connectivity index (χ2v) is 8.12. The van der Waals surface area contributed by atoms with Crippen LogP contribution in [-0.4, -0.2) is 29.8 Å². The number of ether oxygens (including phenoxy) is 1. The third-order valence-corrected chi connectivity index (χ3v) is 6.13. The van der Waals surface area contributed by atoms with Gasteiger partial charge in [-0.25, -0.2) is 4.98 Å². The molecule has 1 aliphatic heterocycles. The predicted molar refractivity (Wildman–Crippen MR) is 108 cm³/mol. The van der Waals surface area contributed by atoms with Crippen LogP contribution < -0.4 is 9.64 Å². The zero-order valence-electron chi connectivity index (χ0n) is 14.8. The summed E-state index contributed by atoms with van der Waals surface area (Å²) in [6.07, 6.45) is 2.01. The van der Waals surface area contributed by atoms with E-state index in [4.69, 9.17) is 4.74 Å². The Hall–Kier alpha value is -2.51. The van der Waals surface area contributed by atoms with Crippen LogP contribution in [0.15, 0.2) is 41.1 Å². The van der Waals surface area contributed by atoms with Gasteiger partial charge in [0.2, 0.25) is 0 Å². The lowest BCUT2D eigenvalue weighted by atomic mass is 10.1. The average molecular weight is 399 g/mol. The topological polar surface area (TPSA) is 59.5 Å². The Kier molecular flexibility index (Phi) is 5.05. The highest BCUT2D eigenvalue weighted by molar-refractivity contribution is 7.12. The number of carbonyl (C=O) groups excluding carboxylic acids is 2. The van der Waals surface area contributed by atoms with Crippen molar-refractivity contribution < 1.29 is 14.3 Å². The first-order valence-corrected chi connectivity index (χ1v) is 10.5. The molecule has 7 heteroatoms. The molecule has 27 heavy (non-hydrogen) atoms. The Morgan fingerprint density at radius 1 is 1.30 bits per heavy atom. The van der Waals surface area contributed by atoms with Crippen molar-refractivity contribution in [2.45, 2.75) is 19.8 Å². The molecule has 1 aliphatic rings. The maximum absolute atomic E-state index is 12.5. The number of fused-ring (bicyclic) bond motifs is 1. The van der Waals surface area contributed by atoms with Crippen LogP contribution in [0.4, 0.5) is 5.69 Å². The van der Waals surface area contributed by atoms with Crippen LogP contribution in [0.25, 0.3) is 11.3 Å². The number of thiophene rings is 1. The molecule has 0 saturated heterocycles. The summed E-state index contributed by atoms with van der Waals surface area (Å²) < 4.78 is 5.56. The van der Waals surface area contributed by atoms with E-state index in [0.29, 0.717) is 16.3 Å². The molecule has 1 amide bonds. The Bertz CT molecular complexity index is 979. The number of aromatic nitrogens is 1. The number of carbonyl (C=O) groups is 2. The van der Waals surface area contributed by atoms with Gasteiger partial charge in [0.1, 0.15) is 5.75 Å². The molecule has 0 atom stereocenters. The van der Waals surface area contributed by atoms with E-state index in [1.54, 1.807) is 17.4 Å². The van der Waals surface area contributed by atoms with E-state index >= 15 is 0 Å². The van der Waals surface area contributed by atoms with Crippen molar-refractivity contribution in [1.29, 1.82) is 0 Å². The number of thiazole rings is 1. The lowest BCUT2D eigenvalue weighted by Gasteiger charge is -2.29. The van der Waals surface area contributed by atoms with E-state index in [2.05, 4.69) is 11.9 Å². The second-order valence-electron chi connectivity index (χ2n) is 6.23. The number of hydrogen-bond donors (Lipinski definition) is 0. The van der Waals surface area contributed by atoms with Gasteiger partial charge in [-0.1, -0.05) is 13.0 Å². The molecule has 0 fully saturated rings. The molecule has 138 valence electrons. The van der Waals surface area contributed by atoms with Gasteiger partial charge in [0.25, 0.3) is 5.91 Å². The number of benzene rings is 1. The van der Waals surface area contributed by atoms with Crippen molar-refractivity contribution in [2.24, 2.45) is 0 Å². The molecular weight excluding hydrogens is 380 g/mol. The Morgan fingerprint density at radius 2 is 2.19 bits per heavy atom. The molecular formula is C20H18N2O3S2. The molecule has 3 heterocycles. The first-order chi connectivity index (χ1) is 13.2. The third-order valence-electron chi connectivity index (χ3n) is 4.31. The summed E-state index contributed by atoms with van der Waals surface area (Å²) >= 11 is 3.02. The standard InChI is InChI=1S/C20H18N2O3S2/c1-2-4-19-21-14(12-27-19)13-6-7-17-15(9-13)22(20(24)11-25-17)10-16(23)18-5-3-8-26-18/h3,5-9,12H,2,4,10-11H2,1H3. The number of nitrogens with zero attached hydrogens (tertiary/aromatic N) is 2. The van der Waals surface area contributed by atoms with Gasteiger partial charge in [0, 0.05) is 10.9 Å². The first-order valence-electron chi connectivity index (χ1n) is 8.74. The van der Waals surface area contributed by atoms with Gasteiger partial charge in [-0.15, -0.1) is 22.7 Å². The second kappa shape index (κ2) is 7.62. The fourth-order valence-corrected chi connectivity index (χ4v) is 4.53. The molecule has 0 unspecified atom stereocenters. The van der Waals surface area contributed by atoms with Crippen LogP contribution in [0.1, 0.15) is 28.0 Å². The van der Waals surface area contributed by atoms with Gasteiger partial charge in [-0.05, 0) is 42.5 Å². The molecule has 0 spiro atoms. The monoisotopic (exact) mass is 398 g/mol. The molecule has 5 nitrogen and oxygen atoms in total. The number of Topliss-reactive ketones (excluding diaryl/α,β-unsaturated/α-hetero) is 1. The summed E-state index contributed by atoms with van der Waals surface area (Å²) in [7, 11) is 0. The molecule has 0 bridgehead atoms. The van der Waals surface area contributed by atoms with Crippen LogP contribution >= 0.6 is 22.7 Å². The zero-order valence-corrected chi connectivity index (χ0v) is 16.4. The quantitative estimate of drug-likeness (QED) is 0.576. The zero-order chi connectivity index (χ0) is 18.8. The van der Waals surface area contributed by atoms with E-state index in [9.17, 15) is 9.59 Å². The fourth-order valence-electron chi connectivity index (χ4n) is 2.97. The highest BCUT2D eigenvalue weighted by atomic mass is 32.1. The van der Waals surface area contributed by atoms with E-state index < -0.39 is 0 Å². The average Bonchev–Trinajstić information content (AvgIpc) is 3.36. The normalized spacial score (nSPS) is 13.4. The third kappa shape index (κ3) is 3.65. The van der Waals surface area contributed by atoms with E-state index in [-0.39, 0.29) is 24.8 Å². The van der Waals surface area contributed by atoms with E-state index in [0.717, 1.165) is 29.1 Å². The van der Waals surface area contributed by atoms with Crippen molar-refractivity contribution in [3.05, 3.63) is 51.0 Å². The maximum atomic E-state index is 12.5. The summed E-state index contributed by atoms with van der Waals surface area (Å²) in [5.41, 5.74) is 2.42. The molecule has 0 aliphatic carbocycles. The number of hydrogen-bond acceptors (Lipinski definition) is 6. The van der Waals surface area contributed by atoms with Gasteiger partial charge < -0.3 is 4.74 Å². The van der Waals surface area contributed by atoms with E-state index in [1.165, 1.54) is 16.2 Å². The number of ketones is 1. The highest BCUT2D eigenvalue weighted by Gasteiger charge is 2.28. The Morgan fingerprint density at radius 3 is 2.96 bits per heavy atom. The maximum Gasteiger partial charge on any atom is 0.265 e. The largest absolute Gasteiger partial charge is 0.482 e. The Balaban J connectivity index is 1.65. The number of amides is 1. The molecule has 1 aromatic carbocycles. The molecule has 0 radical (unpaired) electrons. The predicted octanol–water partition coefficient (Wildman–Crippen LogP) is 4.43. The fraction of sp³-hybridized carbons (Fsp3) is 0.250. The van der Waals surface area contributed by atoms with Gasteiger partial charge in [0.05, 0.1) is 27.8 Å². The number of rotatable bonds is 6. The van der Waals surface area contributed by atoms with Crippen LogP contribution in [0, 0.1) is 0 Å². The molecule has 2 aromatic heterocycles. The van der Waals surface area contributed by atoms with Crippen molar-refractivity contribution >= 4 is 40.1 Å². The minimum Gasteiger partial charge on any atom is -0.482 e. The van der Waals surface area contributed by atoms with Crippen LogP contribution in [0.3, 0.4) is 0 Å². The van der Waals surface area contributed by atoms with Crippen molar-refractivity contribution in [3.63, 3.8) is 0 Å². The smallest absolute Gasteiger partial charge is 0.265 e. The summed E-state index contributed by atoms with van der Waals surface area (Å²) in [6.45, 7) is 2.09. The minimum atomic E-state index is -0.213. The number of anilines is 1. The van der Waals surface area contributed by atoms with Crippen molar-refractivity contribution in [2.75, 3.05) is 18.1 Å². The summed E-state index contributed by atoms with van der Waals surface area (Å²) in [4.78, 5) is 31.8. The SMILES string of the molecule is CCCc1nc(-c2ccc3c(c2)N(CC(=O)c2cccs2)C(=O)CO3)cs1. The van der Waals surface area contributed by atoms with Crippen LogP contribution in [-0.2, 0) is 11.2 Å². The van der Waals surface area contributed by atoms with Crippen molar-refractivity contribution in [3.8, 4) is 17.0 Å². The van der Waals surface area contributed by atoms with Crippen LogP contribution in [0.2, 0.25) is 0 Å². The first kappa shape index (κ1) is 17.9. The molecule has 3 aromatic rings. The highest BCUT2D eigenvalue weighted by Crippen LogP contribution is 2.36. The number of aryl methyl sites for hydroxylation is 1. The molecule has 0 saturated carbocycles. The molecule has 4 rings (SSSR count). The molecule has 0 N–H and O–H groups in total. The Labute approximate surface area is 165 Å². The minimum absolute atomic E-state index is 0.0112.